The van der Waals surface area contributed by atoms with Crippen molar-refractivity contribution in [3.8, 4) is 0 Å². The summed E-state index contributed by atoms with van der Waals surface area (Å²) in [5, 5.41) is 0. The maximum atomic E-state index is 12.5. The monoisotopic (exact) mass is 336 g/mol. The standard InChI is InChI=1S/C20H24N4O/c25-20(17-8-4-5-11-21-17)24-12-9-16(10-13-24)19-14-18(22-23-19)15-6-2-1-3-7-15/h1-8,11,16,18-19,22-23H,9-10,12-14H2. The van der Waals surface area contributed by atoms with E-state index < -0.39 is 0 Å². The lowest BCUT2D eigenvalue weighted by Crippen LogP contribution is -2.44. The zero-order chi connectivity index (χ0) is 17.1. The molecule has 2 saturated heterocycles. The summed E-state index contributed by atoms with van der Waals surface area (Å²) in [6.45, 7) is 1.63. The molecule has 0 spiro atoms. The van der Waals surface area contributed by atoms with Gasteiger partial charge >= 0.3 is 0 Å². The van der Waals surface area contributed by atoms with Crippen LogP contribution in [0.1, 0.15) is 41.4 Å². The first-order chi connectivity index (χ1) is 12.3. The molecule has 0 saturated carbocycles. The molecule has 0 radical (unpaired) electrons. The molecule has 3 heterocycles. The molecule has 0 bridgehead atoms. The van der Waals surface area contributed by atoms with Crippen molar-refractivity contribution in [3.63, 3.8) is 0 Å². The number of hydrogen-bond acceptors (Lipinski definition) is 4. The summed E-state index contributed by atoms with van der Waals surface area (Å²) in [5.41, 5.74) is 8.80. The Hall–Kier alpha value is -2.24. The summed E-state index contributed by atoms with van der Waals surface area (Å²) in [6, 6.07) is 16.9. The van der Waals surface area contributed by atoms with Crippen molar-refractivity contribution >= 4 is 5.91 Å². The molecule has 4 rings (SSSR count). The molecule has 2 unspecified atom stereocenters. The molecule has 130 valence electrons. The number of amides is 1. The van der Waals surface area contributed by atoms with Gasteiger partial charge in [0.1, 0.15) is 5.69 Å². The van der Waals surface area contributed by atoms with E-state index in [1.54, 1.807) is 12.3 Å². The van der Waals surface area contributed by atoms with Crippen LogP contribution in [-0.4, -0.2) is 34.9 Å². The summed E-state index contributed by atoms with van der Waals surface area (Å²) in [5.74, 6) is 0.660. The second-order valence-electron chi connectivity index (χ2n) is 6.94. The first kappa shape index (κ1) is 16.2. The lowest BCUT2D eigenvalue weighted by Gasteiger charge is -2.34. The summed E-state index contributed by atoms with van der Waals surface area (Å²) in [6.07, 6.45) is 4.86. The van der Waals surface area contributed by atoms with Crippen molar-refractivity contribution in [1.82, 2.24) is 20.7 Å². The Kier molecular flexibility index (Phi) is 4.76. The van der Waals surface area contributed by atoms with Crippen molar-refractivity contribution in [2.24, 2.45) is 5.92 Å². The molecule has 5 heteroatoms. The fraction of sp³-hybridized carbons (Fsp3) is 0.400. The summed E-state index contributed by atoms with van der Waals surface area (Å²) < 4.78 is 0. The van der Waals surface area contributed by atoms with Gasteiger partial charge in [-0.05, 0) is 42.9 Å². The molecule has 5 nitrogen and oxygen atoms in total. The van der Waals surface area contributed by atoms with Crippen LogP contribution in [0.2, 0.25) is 0 Å². The van der Waals surface area contributed by atoms with Crippen LogP contribution in [0, 0.1) is 5.92 Å². The van der Waals surface area contributed by atoms with E-state index in [-0.39, 0.29) is 5.91 Å². The average Bonchev–Trinajstić information content (AvgIpc) is 3.19. The van der Waals surface area contributed by atoms with Crippen LogP contribution in [0.4, 0.5) is 0 Å². The van der Waals surface area contributed by atoms with Gasteiger partial charge in [0, 0.05) is 31.4 Å². The molecule has 1 aromatic carbocycles. The summed E-state index contributed by atoms with van der Waals surface area (Å²) in [4.78, 5) is 18.6. The zero-order valence-electron chi connectivity index (χ0n) is 14.3. The highest BCUT2D eigenvalue weighted by atomic mass is 16.2. The number of carbonyl (C=O) groups is 1. The van der Waals surface area contributed by atoms with Gasteiger partial charge in [0.2, 0.25) is 0 Å². The van der Waals surface area contributed by atoms with E-state index >= 15 is 0 Å². The van der Waals surface area contributed by atoms with Gasteiger partial charge in [0.05, 0.1) is 0 Å². The third-order valence-electron chi connectivity index (χ3n) is 5.41. The number of carbonyl (C=O) groups excluding carboxylic acids is 1. The predicted molar refractivity (Wildman–Crippen MR) is 96.7 cm³/mol. The minimum Gasteiger partial charge on any atom is -0.337 e. The van der Waals surface area contributed by atoms with Crippen LogP contribution in [0.5, 0.6) is 0 Å². The van der Waals surface area contributed by atoms with Gasteiger partial charge in [-0.2, -0.15) is 0 Å². The van der Waals surface area contributed by atoms with E-state index in [1.807, 2.05) is 17.0 Å². The van der Waals surface area contributed by atoms with Gasteiger partial charge in [-0.3, -0.25) is 20.6 Å². The van der Waals surface area contributed by atoms with Crippen LogP contribution in [0.25, 0.3) is 0 Å². The quantitative estimate of drug-likeness (QED) is 0.904. The van der Waals surface area contributed by atoms with E-state index in [4.69, 9.17) is 0 Å². The molecule has 1 amide bonds. The van der Waals surface area contributed by atoms with Crippen molar-refractivity contribution < 1.29 is 4.79 Å². The number of benzene rings is 1. The molecule has 2 fully saturated rings. The maximum Gasteiger partial charge on any atom is 0.272 e. The van der Waals surface area contributed by atoms with Gasteiger partial charge in [0.15, 0.2) is 0 Å². The molecule has 2 N–H and O–H groups in total. The number of nitrogens with one attached hydrogen (secondary N) is 2. The Bertz CT molecular complexity index is 698. The number of hydrogen-bond donors (Lipinski definition) is 2. The van der Waals surface area contributed by atoms with Crippen molar-refractivity contribution in [2.45, 2.75) is 31.3 Å². The van der Waals surface area contributed by atoms with Crippen molar-refractivity contribution in [3.05, 3.63) is 66.0 Å². The minimum absolute atomic E-state index is 0.0544. The van der Waals surface area contributed by atoms with Crippen molar-refractivity contribution in [2.75, 3.05) is 13.1 Å². The minimum atomic E-state index is 0.0544. The second kappa shape index (κ2) is 7.33. The maximum absolute atomic E-state index is 12.5. The third-order valence-corrected chi connectivity index (χ3v) is 5.41. The average molecular weight is 336 g/mol. The highest BCUT2D eigenvalue weighted by Gasteiger charge is 2.34. The molecular weight excluding hydrogens is 312 g/mol. The van der Waals surface area contributed by atoms with Crippen LogP contribution in [-0.2, 0) is 0 Å². The van der Waals surface area contributed by atoms with Crippen LogP contribution in [0.15, 0.2) is 54.7 Å². The second-order valence-corrected chi connectivity index (χ2v) is 6.94. The van der Waals surface area contributed by atoms with Crippen LogP contribution in [0.3, 0.4) is 0 Å². The fourth-order valence-electron chi connectivity index (χ4n) is 3.95. The molecule has 1 aromatic heterocycles. The molecule has 2 aliphatic heterocycles. The lowest BCUT2D eigenvalue weighted by molar-refractivity contribution is 0.0667. The van der Waals surface area contributed by atoms with E-state index in [0.29, 0.717) is 23.7 Å². The summed E-state index contributed by atoms with van der Waals surface area (Å²) >= 11 is 0. The Balaban J connectivity index is 1.31. The first-order valence-corrected chi connectivity index (χ1v) is 9.07. The fourth-order valence-corrected chi connectivity index (χ4v) is 3.95. The SMILES string of the molecule is O=C(c1ccccn1)N1CCC(C2CC(c3ccccc3)NN2)CC1. The van der Waals surface area contributed by atoms with Crippen LogP contribution >= 0.6 is 0 Å². The molecule has 25 heavy (non-hydrogen) atoms. The van der Waals surface area contributed by atoms with Crippen LogP contribution < -0.4 is 10.9 Å². The van der Waals surface area contributed by atoms with E-state index in [9.17, 15) is 4.79 Å². The largest absolute Gasteiger partial charge is 0.337 e. The number of piperidine rings is 1. The zero-order valence-corrected chi connectivity index (χ0v) is 14.3. The first-order valence-electron chi connectivity index (χ1n) is 9.07. The summed E-state index contributed by atoms with van der Waals surface area (Å²) in [7, 11) is 0. The van der Waals surface area contributed by atoms with Gasteiger partial charge in [-0.1, -0.05) is 36.4 Å². The number of pyridine rings is 1. The highest BCUT2D eigenvalue weighted by molar-refractivity contribution is 5.92. The van der Waals surface area contributed by atoms with Gasteiger partial charge < -0.3 is 4.90 Å². The Morgan fingerprint density at radius 2 is 1.76 bits per heavy atom. The Morgan fingerprint density at radius 3 is 2.48 bits per heavy atom. The number of nitrogens with zero attached hydrogens (tertiary/aromatic N) is 2. The topological polar surface area (TPSA) is 57.3 Å². The predicted octanol–water partition coefficient (Wildman–Crippen LogP) is 2.54. The molecule has 2 aliphatic rings. The number of likely N-dealkylation sites (tertiary alicyclic amines) is 1. The molecular formula is C20H24N4O. The van der Waals surface area contributed by atoms with Gasteiger partial charge in [-0.15, -0.1) is 0 Å². The normalized spacial score (nSPS) is 24.4. The highest BCUT2D eigenvalue weighted by Crippen LogP contribution is 2.30. The Morgan fingerprint density at radius 1 is 1.00 bits per heavy atom. The smallest absolute Gasteiger partial charge is 0.272 e. The van der Waals surface area contributed by atoms with E-state index in [1.165, 1.54) is 5.56 Å². The number of rotatable bonds is 3. The van der Waals surface area contributed by atoms with Gasteiger partial charge in [-0.25, -0.2) is 0 Å². The Labute approximate surface area is 148 Å². The number of hydrazine groups is 1. The lowest BCUT2D eigenvalue weighted by atomic mass is 9.86. The molecule has 2 aromatic rings. The molecule has 2 atom stereocenters. The van der Waals surface area contributed by atoms with Crippen molar-refractivity contribution in [1.29, 1.82) is 0 Å². The third kappa shape index (κ3) is 3.57. The van der Waals surface area contributed by atoms with E-state index in [2.05, 4.69) is 46.2 Å². The molecule has 0 aliphatic carbocycles. The number of aromatic nitrogens is 1. The van der Waals surface area contributed by atoms with E-state index in [0.717, 1.165) is 32.4 Å². The van der Waals surface area contributed by atoms with Gasteiger partial charge in [0.25, 0.3) is 5.91 Å².